The summed E-state index contributed by atoms with van der Waals surface area (Å²) in [7, 11) is 1.86. The lowest BCUT2D eigenvalue weighted by atomic mass is 10.00. The molecule has 5 heteroatoms. The van der Waals surface area contributed by atoms with Gasteiger partial charge in [-0.2, -0.15) is 0 Å². The maximum atomic E-state index is 12.2. The Morgan fingerprint density at radius 1 is 1.16 bits per heavy atom. The predicted octanol–water partition coefficient (Wildman–Crippen LogP) is 4.90. The Hall–Kier alpha value is -1.88. The number of nitrogens with zero attached hydrogens (tertiary/aromatic N) is 3. The molecule has 2 heterocycles. The van der Waals surface area contributed by atoms with E-state index in [0.29, 0.717) is 5.92 Å². The van der Waals surface area contributed by atoms with Crippen LogP contribution in [0.15, 0.2) is 24.3 Å². The molecule has 1 saturated carbocycles. The van der Waals surface area contributed by atoms with Crippen LogP contribution >= 0.6 is 11.3 Å². The lowest BCUT2D eigenvalue weighted by Crippen LogP contribution is -2.29. The molecule has 2 amide bonds. The molecule has 4 nitrogen and oxygen atoms in total. The van der Waals surface area contributed by atoms with Crippen LogP contribution in [0.2, 0.25) is 0 Å². The second-order valence-electron chi connectivity index (χ2n) is 7.06. The molecule has 0 radical (unpaired) electrons. The maximum absolute atomic E-state index is 12.2. The van der Waals surface area contributed by atoms with Gasteiger partial charge < -0.3 is 4.90 Å². The van der Waals surface area contributed by atoms with Crippen molar-refractivity contribution in [2.75, 3.05) is 25.0 Å². The Kier molecular flexibility index (Phi) is 4.50. The van der Waals surface area contributed by atoms with Gasteiger partial charge in [0, 0.05) is 31.7 Å². The lowest BCUT2D eigenvalue weighted by molar-refractivity contribution is 0.229. The van der Waals surface area contributed by atoms with Gasteiger partial charge in [0.05, 0.1) is 15.6 Å². The van der Waals surface area contributed by atoms with E-state index in [1.165, 1.54) is 46.8 Å². The van der Waals surface area contributed by atoms with Crippen molar-refractivity contribution < 1.29 is 4.79 Å². The van der Waals surface area contributed by atoms with Gasteiger partial charge in [0.2, 0.25) is 0 Å². The van der Waals surface area contributed by atoms with E-state index in [0.717, 1.165) is 25.2 Å². The standard InChI is InChI=1S/C20H25N3OS/c1-3-17-21-18(14-6-4-5-7-14)19(25-17)15-8-10-16(11-9-15)23-13-12-22(2)20(23)24/h8-11,14H,3-7,12-13H2,1-2H3. The highest BCUT2D eigenvalue weighted by Gasteiger charge is 2.27. The van der Waals surface area contributed by atoms with Crippen LogP contribution < -0.4 is 4.90 Å². The topological polar surface area (TPSA) is 36.4 Å². The Morgan fingerprint density at radius 3 is 2.48 bits per heavy atom. The van der Waals surface area contributed by atoms with Crippen molar-refractivity contribution in [3.8, 4) is 10.4 Å². The van der Waals surface area contributed by atoms with Gasteiger partial charge in [0.1, 0.15) is 0 Å². The van der Waals surface area contributed by atoms with E-state index in [1.54, 1.807) is 4.90 Å². The largest absolute Gasteiger partial charge is 0.326 e. The number of anilines is 1. The van der Waals surface area contributed by atoms with E-state index >= 15 is 0 Å². The highest BCUT2D eigenvalue weighted by Crippen LogP contribution is 2.42. The fourth-order valence-electron chi connectivity index (χ4n) is 3.89. The van der Waals surface area contributed by atoms with Gasteiger partial charge in [-0.05, 0) is 37.0 Å². The second-order valence-corrected chi connectivity index (χ2v) is 8.14. The van der Waals surface area contributed by atoms with Crippen molar-refractivity contribution in [2.45, 2.75) is 44.9 Å². The van der Waals surface area contributed by atoms with Crippen LogP contribution in [0.3, 0.4) is 0 Å². The summed E-state index contributed by atoms with van der Waals surface area (Å²) in [5, 5.41) is 1.23. The van der Waals surface area contributed by atoms with Crippen LogP contribution in [0, 0.1) is 0 Å². The van der Waals surface area contributed by atoms with Crippen molar-refractivity contribution >= 4 is 23.1 Å². The summed E-state index contributed by atoms with van der Waals surface area (Å²) < 4.78 is 0. The number of carbonyl (C=O) groups is 1. The molecule has 1 aromatic heterocycles. The van der Waals surface area contributed by atoms with Crippen molar-refractivity contribution in [1.29, 1.82) is 0 Å². The molecule has 2 fully saturated rings. The van der Waals surface area contributed by atoms with Crippen molar-refractivity contribution in [2.24, 2.45) is 0 Å². The Morgan fingerprint density at radius 2 is 1.88 bits per heavy atom. The molecule has 25 heavy (non-hydrogen) atoms. The zero-order valence-electron chi connectivity index (χ0n) is 15.0. The molecule has 0 atom stereocenters. The SMILES string of the molecule is CCc1nc(C2CCCC2)c(-c2ccc(N3CCN(C)C3=O)cc2)s1. The number of hydrogen-bond acceptors (Lipinski definition) is 3. The molecule has 4 rings (SSSR count). The number of aryl methyl sites for hydroxylation is 1. The molecular weight excluding hydrogens is 330 g/mol. The number of rotatable bonds is 4. The molecule has 1 saturated heterocycles. The molecule has 2 aliphatic rings. The summed E-state index contributed by atoms with van der Waals surface area (Å²) in [6.45, 7) is 3.74. The van der Waals surface area contributed by atoms with Gasteiger partial charge >= 0.3 is 6.03 Å². The van der Waals surface area contributed by atoms with Gasteiger partial charge in [-0.15, -0.1) is 11.3 Å². The maximum Gasteiger partial charge on any atom is 0.324 e. The third-order valence-corrected chi connectivity index (χ3v) is 6.66. The normalized spacial score (nSPS) is 18.6. The minimum absolute atomic E-state index is 0.0884. The highest BCUT2D eigenvalue weighted by atomic mass is 32.1. The number of urea groups is 1. The van der Waals surface area contributed by atoms with Crippen LogP contribution in [-0.4, -0.2) is 36.1 Å². The lowest BCUT2D eigenvalue weighted by Gasteiger charge is -2.16. The number of aromatic nitrogens is 1. The van der Waals surface area contributed by atoms with Gasteiger partial charge in [0.15, 0.2) is 0 Å². The summed E-state index contributed by atoms with van der Waals surface area (Å²) in [6.07, 6.45) is 6.19. The molecule has 1 aromatic carbocycles. The van der Waals surface area contributed by atoms with Crippen LogP contribution in [0.1, 0.15) is 49.2 Å². The first-order valence-electron chi connectivity index (χ1n) is 9.30. The molecule has 0 N–H and O–H groups in total. The van der Waals surface area contributed by atoms with Gasteiger partial charge in [-0.3, -0.25) is 4.90 Å². The van der Waals surface area contributed by atoms with E-state index in [1.807, 2.05) is 23.3 Å². The summed E-state index contributed by atoms with van der Waals surface area (Å²) in [5.41, 5.74) is 3.53. The van der Waals surface area contributed by atoms with Crippen molar-refractivity contribution in [3.05, 3.63) is 35.0 Å². The minimum Gasteiger partial charge on any atom is -0.326 e. The van der Waals surface area contributed by atoms with Crippen LogP contribution in [0.4, 0.5) is 10.5 Å². The molecule has 2 aromatic rings. The van der Waals surface area contributed by atoms with Crippen LogP contribution in [0.25, 0.3) is 10.4 Å². The molecule has 0 spiro atoms. The fourth-order valence-corrected chi connectivity index (χ4v) is 4.99. The Bertz CT molecular complexity index is 762. The zero-order valence-corrected chi connectivity index (χ0v) is 15.8. The third-order valence-electron chi connectivity index (χ3n) is 5.40. The van der Waals surface area contributed by atoms with E-state index in [4.69, 9.17) is 4.98 Å². The summed E-state index contributed by atoms with van der Waals surface area (Å²) in [6, 6.07) is 8.57. The molecule has 132 valence electrons. The molecule has 1 aliphatic carbocycles. The Balaban J connectivity index is 1.64. The summed E-state index contributed by atoms with van der Waals surface area (Å²) in [4.78, 5) is 22.1. The number of thiazole rings is 1. The average Bonchev–Trinajstić information content (AvgIpc) is 3.36. The Labute approximate surface area is 153 Å². The van der Waals surface area contributed by atoms with Crippen molar-refractivity contribution in [3.63, 3.8) is 0 Å². The van der Waals surface area contributed by atoms with E-state index in [9.17, 15) is 4.79 Å². The second kappa shape index (κ2) is 6.79. The number of likely N-dealkylation sites (N-methyl/N-ethyl adjacent to an activating group) is 1. The molecular formula is C20H25N3OS. The van der Waals surface area contributed by atoms with Gasteiger partial charge in [-0.1, -0.05) is 31.9 Å². The van der Waals surface area contributed by atoms with Crippen LogP contribution in [0.5, 0.6) is 0 Å². The predicted molar refractivity (Wildman–Crippen MR) is 104 cm³/mol. The van der Waals surface area contributed by atoms with Crippen molar-refractivity contribution in [1.82, 2.24) is 9.88 Å². The van der Waals surface area contributed by atoms with E-state index in [2.05, 4.69) is 31.2 Å². The minimum atomic E-state index is 0.0884. The first-order valence-corrected chi connectivity index (χ1v) is 10.1. The number of carbonyl (C=O) groups excluding carboxylic acids is 1. The van der Waals surface area contributed by atoms with Crippen LogP contribution in [-0.2, 0) is 6.42 Å². The first-order chi connectivity index (χ1) is 12.2. The van der Waals surface area contributed by atoms with E-state index < -0.39 is 0 Å². The third kappa shape index (κ3) is 3.06. The smallest absolute Gasteiger partial charge is 0.324 e. The number of amides is 2. The fraction of sp³-hybridized carbons (Fsp3) is 0.500. The van der Waals surface area contributed by atoms with Gasteiger partial charge in [-0.25, -0.2) is 9.78 Å². The zero-order chi connectivity index (χ0) is 17.4. The molecule has 1 aliphatic heterocycles. The number of benzene rings is 1. The first kappa shape index (κ1) is 16.6. The molecule has 0 bridgehead atoms. The van der Waals surface area contributed by atoms with Gasteiger partial charge in [0.25, 0.3) is 0 Å². The average molecular weight is 356 g/mol. The summed E-state index contributed by atoms with van der Waals surface area (Å²) in [5.74, 6) is 0.625. The number of hydrogen-bond donors (Lipinski definition) is 0. The molecule has 0 unspecified atom stereocenters. The quantitative estimate of drug-likeness (QED) is 0.782. The monoisotopic (exact) mass is 355 g/mol. The van der Waals surface area contributed by atoms with E-state index in [-0.39, 0.29) is 6.03 Å². The highest BCUT2D eigenvalue weighted by molar-refractivity contribution is 7.15. The summed E-state index contributed by atoms with van der Waals surface area (Å²) >= 11 is 1.84.